The van der Waals surface area contributed by atoms with Crippen LogP contribution >= 0.6 is 0 Å². The molecule has 2 N–H and O–H groups in total. The molecule has 176 valence electrons. The van der Waals surface area contributed by atoms with Gasteiger partial charge in [0.1, 0.15) is 5.82 Å². The first-order valence-corrected chi connectivity index (χ1v) is 12.0. The van der Waals surface area contributed by atoms with Crippen molar-refractivity contribution in [2.45, 2.75) is 39.0 Å². The van der Waals surface area contributed by atoms with Crippen molar-refractivity contribution in [3.8, 4) is 11.3 Å². The van der Waals surface area contributed by atoms with Crippen LogP contribution in [0.15, 0.2) is 30.3 Å². The van der Waals surface area contributed by atoms with Crippen LogP contribution in [0.1, 0.15) is 46.4 Å². The SMILES string of the molecule is Cc1[nH]nc2ccc3nc(-c4ccc(C(=O)NCCN(C)C)c(F)c4)c4c(c3c12)CCCCC4. The number of aromatic nitrogens is 3. The van der Waals surface area contributed by atoms with Crippen molar-refractivity contribution in [1.82, 2.24) is 25.4 Å². The van der Waals surface area contributed by atoms with E-state index >= 15 is 4.39 Å². The summed E-state index contributed by atoms with van der Waals surface area (Å²) in [5.74, 6) is -0.917. The molecule has 4 aromatic rings. The number of benzene rings is 2. The molecule has 0 atom stereocenters. The molecule has 0 aliphatic heterocycles. The Morgan fingerprint density at radius 1 is 1.06 bits per heavy atom. The quantitative estimate of drug-likeness (QED) is 0.421. The van der Waals surface area contributed by atoms with E-state index in [1.54, 1.807) is 6.07 Å². The minimum absolute atomic E-state index is 0.0603. The number of halogens is 1. The molecule has 0 fully saturated rings. The van der Waals surface area contributed by atoms with E-state index in [4.69, 9.17) is 4.98 Å². The number of likely N-dealkylation sites (N-methyl/N-ethyl adjacent to an activating group) is 1. The highest BCUT2D eigenvalue weighted by atomic mass is 19.1. The summed E-state index contributed by atoms with van der Waals surface area (Å²) in [5.41, 5.74) is 6.98. The van der Waals surface area contributed by atoms with Gasteiger partial charge in [-0.15, -0.1) is 0 Å². The number of carbonyl (C=O) groups excluding carboxylic acids is 1. The first-order valence-electron chi connectivity index (χ1n) is 12.0. The predicted molar refractivity (Wildman–Crippen MR) is 134 cm³/mol. The molecule has 5 rings (SSSR count). The fourth-order valence-corrected chi connectivity index (χ4v) is 5.03. The van der Waals surface area contributed by atoms with E-state index in [1.165, 1.54) is 22.6 Å². The summed E-state index contributed by atoms with van der Waals surface area (Å²) in [6.07, 6.45) is 5.26. The van der Waals surface area contributed by atoms with Crippen molar-refractivity contribution >= 4 is 27.7 Å². The number of pyridine rings is 1. The molecule has 0 radical (unpaired) electrons. The normalized spacial score (nSPS) is 13.9. The number of hydrogen-bond donors (Lipinski definition) is 2. The first-order chi connectivity index (χ1) is 16.4. The lowest BCUT2D eigenvalue weighted by Crippen LogP contribution is -2.31. The highest BCUT2D eigenvalue weighted by molar-refractivity contribution is 6.09. The third-order valence-corrected chi connectivity index (χ3v) is 6.75. The van der Waals surface area contributed by atoms with Crippen LogP contribution < -0.4 is 5.32 Å². The van der Waals surface area contributed by atoms with Crippen LogP contribution in [-0.2, 0) is 12.8 Å². The number of nitrogens with zero attached hydrogens (tertiary/aromatic N) is 3. The summed E-state index contributed by atoms with van der Waals surface area (Å²) in [5, 5.41) is 12.6. The number of carbonyl (C=O) groups is 1. The maximum atomic E-state index is 15.1. The van der Waals surface area contributed by atoms with Gasteiger partial charge in [-0.25, -0.2) is 9.37 Å². The Morgan fingerprint density at radius 3 is 2.59 bits per heavy atom. The first kappa shape index (κ1) is 22.5. The Hall–Kier alpha value is -3.32. The number of aryl methyl sites for hydroxylation is 2. The third kappa shape index (κ3) is 4.05. The highest BCUT2D eigenvalue weighted by Crippen LogP contribution is 2.38. The van der Waals surface area contributed by atoms with Crippen molar-refractivity contribution in [3.05, 3.63) is 58.5 Å². The molecule has 0 saturated heterocycles. The number of amides is 1. The second-order valence-electron chi connectivity index (χ2n) is 9.43. The Kier molecular flexibility index (Phi) is 6.04. The molecule has 0 saturated carbocycles. The number of hydrogen-bond acceptors (Lipinski definition) is 4. The smallest absolute Gasteiger partial charge is 0.254 e. The Labute approximate surface area is 198 Å². The molecule has 1 aliphatic carbocycles. The molecule has 0 spiro atoms. The minimum atomic E-state index is -0.523. The van der Waals surface area contributed by atoms with Crippen LogP contribution in [0.3, 0.4) is 0 Å². The minimum Gasteiger partial charge on any atom is -0.351 e. The number of nitrogens with one attached hydrogen (secondary N) is 2. The van der Waals surface area contributed by atoms with Crippen molar-refractivity contribution in [3.63, 3.8) is 0 Å². The number of H-pyrrole nitrogens is 1. The van der Waals surface area contributed by atoms with Crippen molar-refractivity contribution < 1.29 is 9.18 Å². The molecular formula is C27H30FN5O. The third-order valence-electron chi connectivity index (χ3n) is 6.75. The van der Waals surface area contributed by atoms with Crippen LogP contribution in [0.4, 0.5) is 4.39 Å². The van der Waals surface area contributed by atoms with Gasteiger partial charge in [-0.1, -0.05) is 12.5 Å². The van der Waals surface area contributed by atoms with Gasteiger partial charge >= 0.3 is 0 Å². The predicted octanol–water partition coefficient (Wildman–Crippen LogP) is 4.79. The van der Waals surface area contributed by atoms with Crippen LogP contribution in [0.5, 0.6) is 0 Å². The Morgan fingerprint density at radius 2 is 1.82 bits per heavy atom. The molecule has 1 aliphatic rings. The summed E-state index contributed by atoms with van der Waals surface area (Å²) in [6.45, 7) is 3.21. The molecule has 1 amide bonds. The summed E-state index contributed by atoms with van der Waals surface area (Å²) in [7, 11) is 3.86. The number of aromatic amines is 1. The second-order valence-corrected chi connectivity index (χ2v) is 9.43. The lowest BCUT2D eigenvalue weighted by molar-refractivity contribution is 0.0947. The monoisotopic (exact) mass is 459 g/mol. The zero-order valence-electron chi connectivity index (χ0n) is 20.0. The van der Waals surface area contributed by atoms with Gasteiger partial charge in [0.05, 0.1) is 22.3 Å². The molecular weight excluding hydrogens is 429 g/mol. The Bertz CT molecular complexity index is 1390. The molecule has 2 aromatic heterocycles. The van der Waals surface area contributed by atoms with Gasteiger partial charge < -0.3 is 10.2 Å². The van der Waals surface area contributed by atoms with Crippen LogP contribution in [0.2, 0.25) is 0 Å². The summed E-state index contributed by atoms with van der Waals surface area (Å²) in [4.78, 5) is 19.5. The van der Waals surface area contributed by atoms with Gasteiger partial charge in [0.15, 0.2) is 0 Å². The van der Waals surface area contributed by atoms with E-state index in [0.29, 0.717) is 18.7 Å². The molecule has 34 heavy (non-hydrogen) atoms. The Balaban J connectivity index is 1.61. The molecule has 2 aromatic carbocycles. The lowest BCUT2D eigenvalue weighted by Gasteiger charge is -2.17. The van der Waals surface area contributed by atoms with E-state index in [2.05, 4.69) is 15.5 Å². The van der Waals surface area contributed by atoms with Crippen molar-refractivity contribution in [1.29, 1.82) is 0 Å². The molecule has 7 heteroatoms. The second kappa shape index (κ2) is 9.14. The van der Waals surface area contributed by atoms with Gasteiger partial charge in [0.2, 0.25) is 0 Å². The summed E-state index contributed by atoms with van der Waals surface area (Å²) in [6, 6.07) is 8.86. The number of rotatable bonds is 5. The van der Waals surface area contributed by atoms with Gasteiger partial charge in [0, 0.05) is 35.1 Å². The van der Waals surface area contributed by atoms with Crippen molar-refractivity contribution in [2.24, 2.45) is 0 Å². The molecule has 6 nitrogen and oxygen atoms in total. The fourth-order valence-electron chi connectivity index (χ4n) is 5.03. The van der Waals surface area contributed by atoms with Gasteiger partial charge in [0.25, 0.3) is 5.91 Å². The zero-order valence-corrected chi connectivity index (χ0v) is 20.0. The van der Waals surface area contributed by atoms with Crippen LogP contribution in [0, 0.1) is 12.7 Å². The maximum absolute atomic E-state index is 15.1. The van der Waals surface area contributed by atoms with Gasteiger partial charge in [-0.2, -0.15) is 5.10 Å². The van der Waals surface area contributed by atoms with E-state index < -0.39 is 11.7 Å². The highest BCUT2D eigenvalue weighted by Gasteiger charge is 2.22. The largest absolute Gasteiger partial charge is 0.351 e. The van der Waals surface area contributed by atoms with E-state index in [9.17, 15) is 4.79 Å². The molecule has 0 unspecified atom stereocenters. The lowest BCUT2D eigenvalue weighted by atomic mass is 9.91. The topological polar surface area (TPSA) is 73.9 Å². The molecule has 2 heterocycles. The van der Waals surface area contributed by atoms with Gasteiger partial charge in [-0.05, 0) is 82.1 Å². The summed E-state index contributed by atoms with van der Waals surface area (Å²) >= 11 is 0. The van der Waals surface area contributed by atoms with E-state index in [1.807, 2.05) is 44.1 Å². The standard InChI is InChI=1S/C27H30FN5O/c1-16-24-23(32-31-16)12-11-22-25(24)18-7-5-4-6-8-19(18)26(30-22)17-9-10-20(21(28)15-17)27(34)29-13-14-33(2)3/h9-12,15H,4-8,13-14H2,1-3H3,(H,29,34)(H,31,32). The average molecular weight is 460 g/mol. The van der Waals surface area contributed by atoms with Gasteiger partial charge in [-0.3, -0.25) is 9.89 Å². The van der Waals surface area contributed by atoms with Crippen LogP contribution in [-0.4, -0.2) is 53.2 Å². The average Bonchev–Trinajstić information content (AvgIpc) is 3.02. The van der Waals surface area contributed by atoms with E-state index in [0.717, 1.165) is 59.9 Å². The van der Waals surface area contributed by atoms with E-state index in [-0.39, 0.29) is 5.56 Å². The van der Waals surface area contributed by atoms with Crippen molar-refractivity contribution in [2.75, 3.05) is 27.2 Å². The zero-order chi connectivity index (χ0) is 23.8. The van der Waals surface area contributed by atoms with Crippen LogP contribution in [0.25, 0.3) is 33.1 Å². The maximum Gasteiger partial charge on any atom is 0.254 e. The molecule has 0 bridgehead atoms. The fraction of sp³-hybridized carbons (Fsp3) is 0.370. The number of fused-ring (bicyclic) bond motifs is 5. The summed E-state index contributed by atoms with van der Waals surface area (Å²) < 4.78 is 15.1.